The van der Waals surface area contributed by atoms with Gasteiger partial charge in [0.25, 0.3) is 0 Å². The van der Waals surface area contributed by atoms with Crippen LogP contribution in [0.2, 0.25) is 0 Å². The van der Waals surface area contributed by atoms with E-state index in [1.165, 1.54) is 23.6 Å². The molecule has 0 bridgehead atoms. The van der Waals surface area contributed by atoms with Crippen LogP contribution < -0.4 is 43.4 Å². The summed E-state index contributed by atoms with van der Waals surface area (Å²) in [4.78, 5) is 132. The fourth-order valence-electron chi connectivity index (χ4n) is 7.02. The molecule has 1 aliphatic heterocycles. The first-order valence-corrected chi connectivity index (χ1v) is 23.1. The maximum atomic E-state index is 14.0. The standard InChI is InChI=1S/C43H67N9O12S/c1-7-24(4)35(51-40(60)32-14-11-18-52(32)42(62)29(17-19-65-6)48-37(57)27(44)22-34(54)55)41(61)47-28(15-16-33(45)53)38(58)46-25(5)36(56)49-30(21-26-12-9-8-10-13-26)39(59)50-31(43(63)64)20-23(2)3/h8-10,12-13,23-25,27-32,35H,7,11,14-22,44H2,1-6H3,(H2,45,53)(H,46,58)(H,47,61)(H,48,57)(H,49,56)(H,50,59)(H,51,60)(H,54,55)(H,63,64)/t24-,25-,27-,28-,29-,30-,31-,32-,35-/m0/s1. The Labute approximate surface area is 383 Å². The fourth-order valence-corrected chi connectivity index (χ4v) is 7.50. The molecule has 8 amide bonds. The number of benzene rings is 1. The number of nitrogens with one attached hydrogen (secondary N) is 6. The Balaban J connectivity index is 2.28. The number of nitrogens with zero attached hydrogens (tertiary/aromatic N) is 1. The van der Waals surface area contributed by atoms with Crippen LogP contribution in [-0.2, 0) is 54.4 Å². The van der Waals surface area contributed by atoms with Crippen LogP contribution in [0.1, 0.15) is 91.5 Å². The monoisotopic (exact) mass is 933 g/mol. The highest BCUT2D eigenvalue weighted by Gasteiger charge is 2.40. The van der Waals surface area contributed by atoms with Gasteiger partial charge in [-0.3, -0.25) is 43.2 Å². The molecule has 0 aliphatic carbocycles. The molecule has 1 aliphatic rings. The van der Waals surface area contributed by atoms with Gasteiger partial charge in [-0.25, -0.2) is 4.79 Å². The first-order chi connectivity index (χ1) is 30.6. The number of amides is 8. The SMILES string of the molecule is CC[C@H](C)[C@H](NC(=O)[C@@H]1CCCN1C(=O)[C@H](CCSC)NC(=O)[C@@H](N)CC(=O)O)C(=O)N[C@@H](CCC(N)=O)C(=O)N[C@@H](C)C(=O)N[C@@H](Cc1ccccc1)C(=O)N[C@@H](CC(C)C)C(=O)O. The van der Waals surface area contributed by atoms with Crippen molar-refractivity contribution in [3.8, 4) is 0 Å². The van der Waals surface area contributed by atoms with Crippen molar-refractivity contribution in [2.45, 2.75) is 141 Å². The maximum Gasteiger partial charge on any atom is 0.326 e. The highest BCUT2D eigenvalue weighted by molar-refractivity contribution is 7.98. The predicted molar refractivity (Wildman–Crippen MR) is 240 cm³/mol. The lowest BCUT2D eigenvalue weighted by molar-refractivity contribution is -0.143. The molecule has 0 radical (unpaired) electrons. The second-order valence-electron chi connectivity index (χ2n) is 16.7. The Hall–Kier alpha value is -5.77. The zero-order chi connectivity index (χ0) is 49.0. The topological polar surface area (TPSA) is 339 Å². The summed E-state index contributed by atoms with van der Waals surface area (Å²) >= 11 is 1.41. The number of carboxylic acid groups (broad SMARTS) is 2. The van der Waals surface area contributed by atoms with E-state index in [1.807, 2.05) is 0 Å². The predicted octanol–water partition coefficient (Wildman–Crippen LogP) is -0.854. The van der Waals surface area contributed by atoms with E-state index in [-0.39, 0.29) is 51.0 Å². The molecule has 0 saturated carbocycles. The number of carbonyl (C=O) groups is 10. The van der Waals surface area contributed by atoms with E-state index in [4.69, 9.17) is 16.6 Å². The molecule has 362 valence electrons. The van der Waals surface area contributed by atoms with E-state index in [0.717, 1.165) is 0 Å². The molecule has 0 aromatic heterocycles. The summed E-state index contributed by atoms with van der Waals surface area (Å²) < 4.78 is 0. The van der Waals surface area contributed by atoms with Gasteiger partial charge in [-0.1, -0.05) is 64.4 Å². The second-order valence-corrected chi connectivity index (χ2v) is 17.7. The van der Waals surface area contributed by atoms with Gasteiger partial charge in [0, 0.05) is 19.4 Å². The minimum absolute atomic E-state index is 0.0155. The number of hydrogen-bond donors (Lipinski definition) is 10. The van der Waals surface area contributed by atoms with Gasteiger partial charge in [0.05, 0.1) is 12.5 Å². The van der Waals surface area contributed by atoms with E-state index in [2.05, 4.69) is 31.9 Å². The highest BCUT2D eigenvalue weighted by atomic mass is 32.2. The van der Waals surface area contributed by atoms with Crippen LogP contribution in [0.15, 0.2) is 30.3 Å². The number of thioether (sulfide) groups is 1. The third kappa shape index (κ3) is 18.7. The number of hydrogen-bond acceptors (Lipinski definition) is 12. The molecule has 65 heavy (non-hydrogen) atoms. The van der Waals surface area contributed by atoms with Gasteiger partial charge >= 0.3 is 11.9 Å². The Kier molecular flexibility index (Phi) is 23.4. The van der Waals surface area contributed by atoms with Gasteiger partial charge in [-0.15, -0.1) is 0 Å². The molecular weight excluding hydrogens is 867 g/mol. The van der Waals surface area contributed by atoms with Crippen molar-refractivity contribution in [2.75, 3.05) is 18.6 Å². The van der Waals surface area contributed by atoms with Crippen LogP contribution in [0, 0.1) is 11.8 Å². The number of rotatable bonds is 28. The molecule has 1 aromatic carbocycles. The summed E-state index contributed by atoms with van der Waals surface area (Å²) in [6, 6.07) is -1.40. The number of aliphatic carboxylic acids is 2. The average molecular weight is 934 g/mol. The van der Waals surface area contributed by atoms with Crippen molar-refractivity contribution < 1.29 is 58.2 Å². The van der Waals surface area contributed by atoms with Crippen molar-refractivity contribution in [1.82, 2.24) is 36.8 Å². The lowest BCUT2D eigenvalue weighted by Gasteiger charge is -2.31. The first-order valence-electron chi connectivity index (χ1n) is 21.7. The van der Waals surface area contributed by atoms with Gasteiger partial charge in [-0.05, 0) is 68.4 Å². The molecular formula is C43H67N9O12S. The Morgan fingerprint density at radius 3 is 1.94 bits per heavy atom. The maximum absolute atomic E-state index is 14.0. The minimum Gasteiger partial charge on any atom is -0.481 e. The zero-order valence-electron chi connectivity index (χ0n) is 37.9. The number of likely N-dealkylation sites (tertiary alicyclic amines) is 1. The van der Waals surface area contributed by atoms with E-state index < -0.39 is 120 Å². The molecule has 0 spiro atoms. The average Bonchev–Trinajstić information content (AvgIpc) is 3.74. The van der Waals surface area contributed by atoms with Gasteiger partial charge < -0.3 is 58.5 Å². The van der Waals surface area contributed by atoms with E-state index in [9.17, 15) is 53.1 Å². The summed E-state index contributed by atoms with van der Waals surface area (Å²) in [5.41, 5.74) is 11.8. The third-order valence-electron chi connectivity index (χ3n) is 10.9. The third-order valence-corrected chi connectivity index (χ3v) is 11.5. The summed E-state index contributed by atoms with van der Waals surface area (Å²) in [5.74, 6) is -8.85. The van der Waals surface area contributed by atoms with Crippen LogP contribution in [0.25, 0.3) is 0 Å². The molecule has 21 nitrogen and oxygen atoms in total. The summed E-state index contributed by atoms with van der Waals surface area (Å²) in [7, 11) is 0. The van der Waals surface area contributed by atoms with Crippen molar-refractivity contribution in [3.63, 3.8) is 0 Å². The van der Waals surface area contributed by atoms with E-state index >= 15 is 0 Å². The number of carbonyl (C=O) groups excluding carboxylic acids is 8. The van der Waals surface area contributed by atoms with Crippen LogP contribution >= 0.6 is 11.8 Å². The van der Waals surface area contributed by atoms with Crippen LogP contribution in [0.5, 0.6) is 0 Å². The Morgan fingerprint density at radius 2 is 1.37 bits per heavy atom. The summed E-state index contributed by atoms with van der Waals surface area (Å²) in [6.07, 6.45) is 1.80. The van der Waals surface area contributed by atoms with Crippen molar-refractivity contribution in [2.24, 2.45) is 23.3 Å². The lowest BCUT2D eigenvalue weighted by atomic mass is 9.96. The zero-order valence-corrected chi connectivity index (χ0v) is 38.7. The Morgan fingerprint density at radius 1 is 0.769 bits per heavy atom. The Bertz CT molecular complexity index is 1840. The molecule has 2 rings (SSSR count). The molecule has 1 saturated heterocycles. The lowest BCUT2D eigenvalue weighted by Crippen LogP contribution is -2.60. The van der Waals surface area contributed by atoms with Crippen molar-refractivity contribution in [3.05, 3.63) is 35.9 Å². The molecule has 9 atom stereocenters. The fraction of sp³-hybridized carbons (Fsp3) is 0.628. The van der Waals surface area contributed by atoms with Crippen LogP contribution in [-0.4, -0.2) is 141 Å². The molecule has 1 heterocycles. The molecule has 1 aromatic rings. The van der Waals surface area contributed by atoms with Crippen molar-refractivity contribution >= 4 is 71.0 Å². The number of carboxylic acids is 2. The largest absolute Gasteiger partial charge is 0.481 e. The van der Waals surface area contributed by atoms with Crippen LogP contribution in [0.4, 0.5) is 0 Å². The van der Waals surface area contributed by atoms with Gasteiger partial charge in [0.2, 0.25) is 47.3 Å². The molecule has 0 unspecified atom stereocenters. The quantitative estimate of drug-likeness (QED) is 0.0490. The summed E-state index contributed by atoms with van der Waals surface area (Å²) in [5, 5.41) is 34.2. The van der Waals surface area contributed by atoms with Gasteiger partial charge in [-0.2, -0.15) is 11.8 Å². The minimum atomic E-state index is -1.44. The van der Waals surface area contributed by atoms with Gasteiger partial charge in [0.15, 0.2) is 0 Å². The van der Waals surface area contributed by atoms with E-state index in [1.54, 1.807) is 64.3 Å². The second kappa shape index (κ2) is 27.5. The molecule has 22 heteroatoms. The number of nitrogens with two attached hydrogens (primary N) is 2. The number of primary amides is 1. The molecule has 1 fully saturated rings. The van der Waals surface area contributed by atoms with Crippen LogP contribution in [0.3, 0.4) is 0 Å². The normalized spacial score (nSPS) is 17.2. The van der Waals surface area contributed by atoms with Gasteiger partial charge in [0.1, 0.15) is 42.3 Å². The first kappa shape index (κ1) is 55.4. The van der Waals surface area contributed by atoms with E-state index in [0.29, 0.717) is 24.2 Å². The van der Waals surface area contributed by atoms with Crippen molar-refractivity contribution in [1.29, 1.82) is 0 Å². The molecule has 12 N–H and O–H groups in total. The highest BCUT2D eigenvalue weighted by Crippen LogP contribution is 2.21. The smallest absolute Gasteiger partial charge is 0.326 e. The summed E-state index contributed by atoms with van der Waals surface area (Å²) in [6.45, 7) is 8.53.